The monoisotopic (exact) mass is 208 g/mol. The van der Waals surface area contributed by atoms with Gasteiger partial charge in [-0.25, -0.2) is 0 Å². The summed E-state index contributed by atoms with van der Waals surface area (Å²) in [6.07, 6.45) is 6.51. The Bertz CT molecular complexity index is 283. The molecule has 0 unspecified atom stereocenters. The largest absolute Gasteiger partial charge is 0.299 e. The van der Waals surface area contributed by atoms with E-state index in [-0.39, 0.29) is 0 Å². The first-order chi connectivity index (χ1) is 6.86. The van der Waals surface area contributed by atoms with Crippen LogP contribution in [0.25, 0.3) is 0 Å². The van der Waals surface area contributed by atoms with Crippen molar-refractivity contribution in [2.24, 2.45) is 5.92 Å². The molecule has 1 aliphatic rings. The summed E-state index contributed by atoms with van der Waals surface area (Å²) in [6.45, 7) is 0. The van der Waals surface area contributed by atoms with E-state index in [1.165, 1.54) is 17.7 Å². The highest BCUT2D eigenvalue weighted by molar-refractivity contribution is 7.09. The van der Waals surface area contributed by atoms with E-state index in [1.54, 1.807) is 11.3 Å². The fourth-order valence-electron chi connectivity index (χ4n) is 2.15. The van der Waals surface area contributed by atoms with E-state index in [9.17, 15) is 4.79 Å². The number of aryl methyl sites for hydroxylation is 1. The molecule has 1 saturated carbocycles. The topological polar surface area (TPSA) is 17.1 Å². The van der Waals surface area contributed by atoms with Crippen molar-refractivity contribution in [3.8, 4) is 0 Å². The van der Waals surface area contributed by atoms with Crippen LogP contribution in [0.5, 0.6) is 0 Å². The standard InChI is InChI=1S/C12H16OS/c13-12(10-4-1-2-5-10)8-7-11-6-3-9-14-11/h3,6,9-10H,1-2,4-5,7-8H2. The number of ketones is 1. The molecule has 0 amide bonds. The summed E-state index contributed by atoms with van der Waals surface area (Å²) < 4.78 is 0. The second-order valence-corrected chi connectivity index (χ2v) is 5.06. The second-order valence-electron chi connectivity index (χ2n) is 4.03. The van der Waals surface area contributed by atoms with Crippen molar-refractivity contribution in [2.75, 3.05) is 0 Å². The quantitative estimate of drug-likeness (QED) is 0.740. The van der Waals surface area contributed by atoms with Crippen molar-refractivity contribution in [3.63, 3.8) is 0 Å². The van der Waals surface area contributed by atoms with Gasteiger partial charge in [-0.1, -0.05) is 18.9 Å². The van der Waals surface area contributed by atoms with Crippen LogP contribution in [0.15, 0.2) is 17.5 Å². The van der Waals surface area contributed by atoms with Gasteiger partial charge in [-0.3, -0.25) is 4.79 Å². The number of carbonyl (C=O) groups excluding carboxylic acids is 1. The van der Waals surface area contributed by atoms with Crippen LogP contribution in [0.2, 0.25) is 0 Å². The molecule has 14 heavy (non-hydrogen) atoms. The van der Waals surface area contributed by atoms with Crippen molar-refractivity contribution < 1.29 is 4.79 Å². The van der Waals surface area contributed by atoms with Gasteiger partial charge >= 0.3 is 0 Å². The van der Waals surface area contributed by atoms with E-state index in [1.807, 2.05) is 0 Å². The van der Waals surface area contributed by atoms with Crippen molar-refractivity contribution in [1.29, 1.82) is 0 Å². The second kappa shape index (κ2) is 4.74. The Morgan fingerprint density at radius 1 is 1.43 bits per heavy atom. The number of hydrogen-bond donors (Lipinski definition) is 0. The highest BCUT2D eigenvalue weighted by atomic mass is 32.1. The van der Waals surface area contributed by atoms with Crippen LogP contribution in [0.3, 0.4) is 0 Å². The van der Waals surface area contributed by atoms with E-state index in [0.717, 1.165) is 25.7 Å². The lowest BCUT2D eigenvalue weighted by molar-refractivity contribution is -0.122. The molecule has 0 N–H and O–H groups in total. The number of Topliss-reactive ketones (excluding diaryl/α,β-unsaturated/α-hetero) is 1. The minimum Gasteiger partial charge on any atom is -0.299 e. The van der Waals surface area contributed by atoms with E-state index in [2.05, 4.69) is 17.5 Å². The zero-order valence-electron chi connectivity index (χ0n) is 8.37. The van der Waals surface area contributed by atoms with Crippen molar-refractivity contribution in [2.45, 2.75) is 38.5 Å². The summed E-state index contributed by atoms with van der Waals surface area (Å²) in [5, 5.41) is 2.08. The Morgan fingerprint density at radius 2 is 2.21 bits per heavy atom. The molecule has 1 heterocycles. The van der Waals surface area contributed by atoms with Gasteiger partial charge in [-0.15, -0.1) is 11.3 Å². The van der Waals surface area contributed by atoms with Gasteiger partial charge in [-0.2, -0.15) is 0 Å². The predicted octanol–water partition coefficient (Wildman–Crippen LogP) is 3.44. The summed E-state index contributed by atoms with van der Waals surface area (Å²) in [5.41, 5.74) is 0. The molecule has 1 aliphatic carbocycles. The van der Waals surface area contributed by atoms with Crippen LogP contribution in [-0.2, 0) is 11.2 Å². The molecule has 2 heteroatoms. The normalized spacial score (nSPS) is 17.4. The molecule has 2 rings (SSSR count). The Morgan fingerprint density at radius 3 is 2.86 bits per heavy atom. The van der Waals surface area contributed by atoms with Crippen LogP contribution in [0.1, 0.15) is 37.0 Å². The SMILES string of the molecule is O=C(CCc1cccs1)C1CCCC1. The predicted molar refractivity (Wildman–Crippen MR) is 59.6 cm³/mol. The average molecular weight is 208 g/mol. The van der Waals surface area contributed by atoms with Gasteiger partial charge in [0, 0.05) is 17.2 Å². The van der Waals surface area contributed by atoms with Crippen LogP contribution in [0.4, 0.5) is 0 Å². The Hall–Kier alpha value is -0.630. The third-order valence-electron chi connectivity index (χ3n) is 3.01. The smallest absolute Gasteiger partial charge is 0.136 e. The summed E-state index contributed by atoms with van der Waals surface area (Å²) in [5.74, 6) is 0.894. The highest BCUT2D eigenvalue weighted by Crippen LogP contribution is 2.27. The van der Waals surface area contributed by atoms with Crippen molar-refractivity contribution >= 4 is 17.1 Å². The van der Waals surface area contributed by atoms with E-state index >= 15 is 0 Å². The first-order valence-corrected chi connectivity index (χ1v) is 6.29. The first-order valence-electron chi connectivity index (χ1n) is 5.41. The third-order valence-corrected chi connectivity index (χ3v) is 3.94. The molecule has 0 aromatic carbocycles. The van der Waals surface area contributed by atoms with E-state index in [4.69, 9.17) is 0 Å². The van der Waals surface area contributed by atoms with Crippen molar-refractivity contribution in [1.82, 2.24) is 0 Å². The Labute approximate surface area is 89.1 Å². The molecule has 0 aliphatic heterocycles. The minimum atomic E-state index is 0.398. The molecule has 1 aromatic rings. The molecule has 76 valence electrons. The molecule has 0 bridgehead atoms. The number of hydrogen-bond acceptors (Lipinski definition) is 2. The van der Waals surface area contributed by atoms with Crippen LogP contribution >= 0.6 is 11.3 Å². The number of carbonyl (C=O) groups is 1. The van der Waals surface area contributed by atoms with Crippen molar-refractivity contribution in [3.05, 3.63) is 22.4 Å². The molecule has 0 spiro atoms. The lowest BCUT2D eigenvalue weighted by Gasteiger charge is -2.06. The maximum absolute atomic E-state index is 11.7. The van der Waals surface area contributed by atoms with E-state index in [0.29, 0.717) is 11.7 Å². The van der Waals surface area contributed by atoms with Gasteiger partial charge < -0.3 is 0 Å². The maximum atomic E-state index is 11.7. The summed E-state index contributed by atoms with van der Waals surface area (Å²) in [7, 11) is 0. The van der Waals surface area contributed by atoms with Gasteiger partial charge in [0.2, 0.25) is 0 Å². The molecule has 0 saturated heterocycles. The van der Waals surface area contributed by atoms with Crippen LogP contribution in [0, 0.1) is 5.92 Å². The first kappa shape index (κ1) is 9.91. The zero-order chi connectivity index (χ0) is 9.80. The third kappa shape index (κ3) is 2.44. The molecular formula is C12H16OS. The zero-order valence-corrected chi connectivity index (χ0v) is 9.19. The molecule has 0 radical (unpaired) electrons. The fourth-order valence-corrected chi connectivity index (χ4v) is 2.86. The molecule has 0 atom stereocenters. The summed E-state index contributed by atoms with van der Waals surface area (Å²) in [6, 6.07) is 4.17. The summed E-state index contributed by atoms with van der Waals surface area (Å²) in [4.78, 5) is 13.1. The lowest BCUT2D eigenvalue weighted by Crippen LogP contribution is -2.10. The van der Waals surface area contributed by atoms with Gasteiger partial charge in [0.25, 0.3) is 0 Å². The minimum absolute atomic E-state index is 0.398. The van der Waals surface area contributed by atoms with Crippen LogP contribution < -0.4 is 0 Å². The number of rotatable bonds is 4. The average Bonchev–Trinajstić information content (AvgIpc) is 2.87. The van der Waals surface area contributed by atoms with Gasteiger partial charge in [0.05, 0.1) is 0 Å². The molecule has 1 fully saturated rings. The van der Waals surface area contributed by atoms with E-state index < -0.39 is 0 Å². The maximum Gasteiger partial charge on any atom is 0.136 e. The van der Waals surface area contributed by atoms with Gasteiger partial charge in [0.1, 0.15) is 5.78 Å². The molecule has 1 aromatic heterocycles. The Balaban J connectivity index is 1.77. The summed E-state index contributed by atoms with van der Waals surface area (Å²) >= 11 is 1.76. The van der Waals surface area contributed by atoms with Gasteiger partial charge in [0.15, 0.2) is 0 Å². The molecular weight excluding hydrogens is 192 g/mol. The highest BCUT2D eigenvalue weighted by Gasteiger charge is 2.21. The Kier molecular flexibility index (Phi) is 3.35. The van der Waals surface area contributed by atoms with Crippen LogP contribution in [-0.4, -0.2) is 5.78 Å². The van der Waals surface area contributed by atoms with Gasteiger partial charge in [-0.05, 0) is 30.7 Å². The molecule has 1 nitrogen and oxygen atoms in total. The number of thiophene rings is 1. The fraction of sp³-hybridized carbons (Fsp3) is 0.583. The lowest BCUT2D eigenvalue weighted by atomic mass is 9.99.